The highest BCUT2D eigenvalue weighted by molar-refractivity contribution is 6.04. The highest BCUT2D eigenvalue weighted by atomic mass is 16.2. The zero-order valence-corrected chi connectivity index (χ0v) is 11.2. The van der Waals surface area contributed by atoms with Gasteiger partial charge in [-0.15, -0.1) is 0 Å². The molecule has 2 bridgehead atoms. The van der Waals surface area contributed by atoms with E-state index in [2.05, 4.69) is 17.0 Å². The third-order valence-electron chi connectivity index (χ3n) is 5.05. The van der Waals surface area contributed by atoms with Gasteiger partial charge >= 0.3 is 0 Å². The molecule has 2 N–H and O–H groups in total. The van der Waals surface area contributed by atoms with E-state index in [9.17, 15) is 4.79 Å². The molecule has 4 rings (SSSR count). The van der Waals surface area contributed by atoms with E-state index in [1.54, 1.807) is 4.90 Å². The van der Waals surface area contributed by atoms with Crippen molar-refractivity contribution in [3.8, 4) is 0 Å². The summed E-state index contributed by atoms with van der Waals surface area (Å²) in [4.78, 5) is 16.1. The van der Waals surface area contributed by atoms with Crippen LogP contribution >= 0.6 is 0 Å². The fraction of sp³-hybridized carbons (Fsp3) is 0.533. The molecule has 19 heavy (non-hydrogen) atoms. The normalized spacial score (nSPS) is 32.3. The Kier molecular flexibility index (Phi) is 2.22. The molecule has 0 spiro atoms. The first-order valence-corrected chi connectivity index (χ1v) is 7.09. The molecule has 1 aliphatic carbocycles. The Labute approximate surface area is 113 Å². The maximum absolute atomic E-state index is 11.9. The van der Waals surface area contributed by atoms with Crippen molar-refractivity contribution in [1.29, 1.82) is 0 Å². The van der Waals surface area contributed by atoms with Gasteiger partial charge in [0.25, 0.3) is 0 Å². The van der Waals surface area contributed by atoms with Crippen molar-refractivity contribution in [2.75, 3.05) is 23.4 Å². The molecule has 4 heteroatoms. The van der Waals surface area contributed by atoms with Crippen molar-refractivity contribution in [1.82, 2.24) is 0 Å². The molecule has 1 amide bonds. The molecule has 4 nitrogen and oxygen atoms in total. The molecule has 2 fully saturated rings. The predicted molar refractivity (Wildman–Crippen MR) is 75.3 cm³/mol. The van der Waals surface area contributed by atoms with Gasteiger partial charge in [-0.25, -0.2) is 0 Å². The fourth-order valence-corrected chi connectivity index (χ4v) is 3.97. The summed E-state index contributed by atoms with van der Waals surface area (Å²) in [5.41, 5.74) is 9.13. The van der Waals surface area contributed by atoms with Crippen LogP contribution in [0.15, 0.2) is 18.2 Å². The largest absolute Gasteiger partial charge is 0.368 e. The summed E-state index contributed by atoms with van der Waals surface area (Å²) in [6, 6.07) is 6.53. The molecule has 3 unspecified atom stereocenters. The number of amides is 1. The Morgan fingerprint density at radius 1 is 1.32 bits per heavy atom. The van der Waals surface area contributed by atoms with Gasteiger partial charge in [-0.05, 0) is 37.3 Å². The van der Waals surface area contributed by atoms with Gasteiger partial charge in [0.2, 0.25) is 5.91 Å². The smallest absolute Gasteiger partial charge is 0.248 e. The average molecular weight is 257 g/mol. The lowest BCUT2D eigenvalue weighted by molar-refractivity contribution is -0.118. The molecule has 1 aromatic rings. The molecular weight excluding hydrogens is 238 g/mol. The van der Waals surface area contributed by atoms with Crippen LogP contribution in [0.5, 0.6) is 0 Å². The quantitative estimate of drug-likeness (QED) is 0.832. The minimum atomic E-state index is -0.482. The zero-order valence-electron chi connectivity index (χ0n) is 11.2. The first kappa shape index (κ1) is 11.3. The van der Waals surface area contributed by atoms with Gasteiger partial charge in [0.1, 0.15) is 6.04 Å². The van der Waals surface area contributed by atoms with Gasteiger partial charge in [-0.1, -0.05) is 6.07 Å². The van der Waals surface area contributed by atoms with Gasteiger partial charge in [-0.3, -0.25) is 4.79 Å². The minimum Gasteiger partial charge on any atom is -0.368 e. The molecule has 1 aromatic carbocycles. The number of piperidine rings is 1. The van der Waals surface area contributed by atoms with E-state index >= 15 is 0 Å². The zero-order chi connectivity index (χ0) is 13.1. The number of nitrogens with two attached hydrogens (primary N) is 1. The second kappa shape index (κ2) is 3.73. The molecule has 0 aromatic heterocycles. The highest BCUT2D eigenvalue weighted by Gasteiger charge is 2.39. The third kappa shape index (κ3) is 1.46. The SMILES string of the molecule is CN1C(=O)C(N)c2ccc(N3CC4CCC3C4)cc21. The highest BCUT2D eigenvalue weighted by Crippen LogP contribution is 2.43. The number of hydrogen-bond donors (Lipinski definition) is 1. The number of hydrogen-bond acceptors (Lipinski definition) is 3. The van der Waals surface area contributed by atoms with E-state index in [4.69, 9.17) is 5.73 Å². The summed E-state index contributed by atoms with van der Waals surface area (Å²) in [5.74, 6) is 0.870. The number of nitrogens with zero attached hydrogens (tertiary/aromatic N) is 2. The molecule has 1 saturated carbocycles. The van der Waals surface area contributed by atoms with Crippen molar-refractivity contribution >= 4 is 17.3 Å². The van der Waals surface area contributed by atoms with Gasteiger partial charge in [0.05, 0.1) is 5.69 Å². The lowest BCUT2D eigenvalue weighted by Gasteiger charge is -2.29. The maximum atomic E-state index is 11.9. The number of anilines is 2. The second-order valence-corrected chi connectivity index (χ2v) is 6.10. The number of carbonyl (C=O) groups is 1. The summed E-state index contributed by atoms with van der Waals surface area (Å²) >= 11 is 0. The van der Waals surface area contributed by atoms with Crippen molar-refractivity contribution in [3.05, 3.63) is 23.8 Å². The number of carbonyl (C=O) groups excluding carboxylic acids is 1. The molecule has 1 saturated heterocycles. The summed E-state index contributed by atoms with van der Waals surface area (Å²) in [6.45, 7) is 1.17. The predicted octanol–water partition coefficient (Wildman–Crippen LogP) is 1.65. The summed E-state index contributed by atoms with van der Waals surface area (Å²) in [6.07, 6.45) is 4.04. The average Bonchev–Trinajstić information content (AvgIpc) is 3.11. The third-order valence-corrected chi connectivity index (χ3v) is 5.05. The maximum Gasteiger partial charge on any atom is 0.248 e. The number of fused-ring (bicyclic) bond motifs is 3. The van der Waals surface area contributed by atoms with E-state index in [-0.39, 0.29) is 5.91 Å². The van der Waals surface area contributed by atoms with E-state index in [0.717, 1.165) is 17.2 Å². The van der Waals surface area contributed by atoms with E-state index < -0.39 is 6.04 Å². The minimum absolute atomic E-state index is 0.00454. The monoisotopic (exact) mass is 257 g/mol. The number of rotatable bonds is 1. The Balaban J connectivity index is 1.71. The van der Waals surface area contributed by atoms with Gasteiger partial charge in [0.15, 0.2) is 0 Å². The van der Waals surface area contributed by atoms with Crippen molar-refractivity contribution in [3.63, 3.8) is 0 Å². The van der Waals surface area contributed by atoms with Crippen LogP contribution in [-0.4, -0.2) is 25.5 Å². The summed E-state index contributed by atoms with van der Waals surface area (Å²) in [7, 11) is 1.81. The van der Waals surface area contributed by atoms with Crippen LogP contribution in [0.25, 0.3) is 0 Å². The number of likely N-dealkylation sites (N-methyl/N-ethyl adjacent to an activating group) is 1. The van der Waals surface area contributed by atoms with Gasteiger partial charge in [0, 0.05) is 30.9 Å². The first-order chi connectivity index (χ1) is 9.15. The first-order valence-electron chi connectivity index (χ1n) is 7.09. The van der Waals surface area contributed by atoms with Crippen LogP contribution in [0.1, 0.15) is 30.9 Å². The molecule has 3 atom stereocenters. The van der Waals surface area contributed by atoms with Crippen LogP contribution in [0, 0.1) is 5.92 Å². The molecular formula is C15H19N3O. The summed E-state index contributed by atoms with van der Waals surface area (Å²) < 4.78 is 0. The van der Waals surface area contributed by atoms with E-state index in [0.29, 0.717) is 6.04 Å². The van der Waals surface area contributed by atoms with Crippen molar-refractivity contribution in [2.45, 2.75) is 31.3 Å². The summed E-state index contributed by atoms with van der Waals surface area (Å²) in [5, 5.41) is 0. The Hall–Kier alpha value is -1.55. The molecule has 2 heterocycles. The van der Waals surface area contributed by atoms with Crippen LogP contribution in [0.2, 0.25) is 0 Å². The standard InChI is InChI=1S/C15H19N3O/c1-17-13-7-11(4-5-12(13)14(16)15(17)19)18-8-9-2-3-10(18)6-9/h4-5,7,9-10,14H,2-3,6,8,16H2,1H3. The second-order valence-electron chi connectivity index (χ2n) is 6.10. The van der Waals surface area contributed by atoms with Crippen molar-refractivity contribution in [2.24, 2.45) is 11.7 Å². The van der Waals surface area contributed by atoms with Crippen LogP contribution in [-0.2, 0) is 4.79 Å². The molecule has 2 aliphatic heterocycles. The van der Waals surface area contributed by atoms with Gasteiger partial charge in [-0.2, -0.15) is 0 Å². The lowest BCUT2D eigenvalue weighted by Crippen LogP contribution is -2.31. The topological polar surface area (TPSA) is 49.6 Å². The Morgan fingerprint density at radius 3 is 2.84 bits per heavy atom. The van der Waals surface area contributed by atoms with Gasteiger partial charge < -0.3 is 15.5 Å². The molecule has 100 valence electrons. The van der Waals surface area contributed by atoms with Crippen LogP contribution < -0.4 is 15.5 Å². The Bertz CT molecular complexity index is 556. The van der Waals surface area contributed by atoms with Crippen LogP contribution in [0.3, 0.4) is 0 Å². The van der Waals surface area contributed by atoms with E-state index in [1.807, 2.05) is 13.1 Å². The number of benzene rings is 1. The fourth-order valence-electron chi connectivity index (χ4n) is 3.97. The lowest BCUT2D eigenvalue weighted by atomic mass is 10.1. The van der Waals surface area contributed by atoms with Crippen molar-refractivity contribution < 1.29 is 4.79 Å². The van der Waals surface area contributed by atoms with E-state index in [1.165, 1.54) is 31.5 Å². The molecule has 3 aliphatic rings. The Morgan fingerprint density at radius 2 is 2.16 bits per heavy atom. The molecule has 0 radical (unpaired) electrons. The van der Waals surface area contributed by atoms with Crippen LogP contribution in [0.4, 0.5) is 11.4 Å².